The van der Waals surface area contributed by atoms with Gasteiger partial charge in [0.1, 0.15) is 5.82 Å². The highest BCUT2D eigenvalue weighted by molar-refractivity contribution is 5.88. The molecule has 0 saturated heterocycles. The number of fused-ring (bicyclic) bond motifs is 1. The second-order valence-electron chi connectivity index (χ2n) is 7.56. The molecule has 0 atom stereocenters. The maximum atomic E-state index is 13.9. The Bertz CT molecular complexity index is 1400. The van der Waals surface area contributed by atoms with Crippen LogP contribution in [0.1, 0.15) is 11.1 Å². The minimum absolute atomic E-state index is 0.231. The predicted octanol–water partition coefficient (Wildman–Crippen LogP) is 5.81. The van der Waals surface area contributed by atoms with E-state index in [1.54, 1.807) is 37.8 Å². The van der Waals surface area contributed by atoms with E-state index >= 15 is 0 Å². The zero-order chi connectivity index (χ0) is 21.9. The quantitative estimate of drug-likeness (QED) is 0.388. The summed E-state index contributed by atoms with van der Waals surface area (Å²) < 4.78 is 13.9. The molecule has 0 bridgehead atoms. The van der Waals surface area contributed by atoms with Crippen LogP contribution in [0.25, 0.3) is 33.4 Å². The van der Waals surface area contributed by atoms with E-state index < -0.39 is 0 Å². The van der Waals surface area contributed by atoms with Gasteiger partial charge in [0.15, 0.2) is 0 Å². The molecule has 156 valence electrons. The Labute approximate surface area is 185 Å². The van der Waals surface area contributed by atoms with Crippen LogP contribution in [-0.4, -0.2) is 19.9 Å². The molecule has 0 spiro atoms. The molecule has 0 unspecified atom stereocenters. The van der Waals surface area contributed by atoms with Crippen LogP contribution in [0, 0.1) is 12.7 Å². The lowest BCUT2D eigenvalue weighted by Crippen LogP contribution is -2.01. The van der Waals surface area contributed by atoms with Gasteiger partial charge in [-0.05, 0) is 66.1 Å². The van der Waals surface area contributed by atoms with Gasteiger partial charge in [-0.2, -0.15) is 0 Å². The van der Waals surface area contributed by atoms with Crippen LogP contribution in [0.5, 0.6) is 0 Å². The first kappa shape index (κ1) is 19.8. The highest BCUT2D eigenvalue weighted by Gasteiger charge is 2.13. The van der Waals surface area contributed by atoms with E-state index in [9.17, 15) is 4.39 Å². The number of anilines is 1. The fourth-order valence-electron chi connectivity index (χ4n) is 3.64. The number of halogens is 1. The van der Waals surface area contributed by atoms with Crippen molar-refractivity contribution >= 4 is 16.7 Å². The maximum Gasteiger partial charge on any atom is 0.126 e. The van der Waals surface area contributed by atoms with Gasteiger partial charge >= 0.3 is 0 Å². The first-order valence-electron chi connectivity index (χ1n) is 10.3. The number of nitrogens with one attached hydrogen (secondary N) is 1. The van der Waals surface area contributed by atoms with Crippen molar-refractivity contribution in [3.8, 4) is 22.4 Å². The molecule has 5 aromatic rings. The van der Waals surface area contributed by atoms with E-state index in [2.05, 4.69) is 26.3 Å². The van der Waals surface area contributed by atoms with Crippen LogP contribution < -0.4 is 5.32 Å². The SMILES string of the molecule is Cc1cc(-c2ncc(NCc3cccnc3)cc2-c2ccc3nccnc3c2)ccc1F. The van der Waals surface area contributed by atoms with Gasteiger partial charge in [0, 0.05) is 42.5 Å². The number of nitrogens with zero attached hydrogens (tertiary/aromatic N) is 4. The van der Waals surface area contributed by atoms with E-state index in [0.717, 1.165) is 44.7 Å². The van der Waals surface area contributed by atoms with Gasteiger partial charge in [-0.1, -0.05) is 12.1 Å². The highest BCUT2D eigenvalue weighted by atomic mass is 19.1. The molecule has 6 heteroatoms. The van der Waals surface area contributed by atoms with E-state index in [-0.39, 0.29) is 5.82 Å². The molecule has 32 heavy (non-hydrogen) atoms. The average molecular weight is 421 g/mol. The molecule has 3 heterocycles. The molecule has 0 amide bonds. The molecule has 0 aliphatic carbocycles. The predicted molar refractivity (Wildman–Crippen MR) is 124 cm³/mol. The van der Waals surface area contributed by atoms with Crippen molar-refractivity contribution in [3.63, 3.8) is 0 Å². The van der Waals surface area contributed by atoms with Crippen LogP contribution >= 0.6 is 0 Å². The Balaban J connectivity index is 1.59. The van der Waals surface area contributed by atoms with Crippen molar-refractivity contribution in [1.29, 1.82) is 0 Å². The average Bonchev–Trinajstić information content (AvgIpc) is 2.85. The maximum absolute atomic E-state index is 13.9. The summed E-state index contributed by atoms with van der Waals surface area (Å²) in [5, 5.41) is 3.42. The summed E-state index contributed by atoms with van der Waals surface area (Å²) in [6, 6.07) is 17.0. The Morgan fingerprint density at radius 3 is 2.47 bits per heavy atom. The van der Waals surface area contributed by atoms with Gasteiger partial charge in [0.2, 0.25) is 0 Å². The molecule has 0 saturated carbocycles. The number of hydrogen-bond donors (Lipinski definition) is 1. The molecule has 5 nitrogen and oxygen atoms in total. The Hall–Kier alpha value is -4.19. The summed E-state index contributed by atoms with van der Waals surface area (Å²) >= 11 is 0. The molecular weight excluding hydrogens is 401 g/mol. The third-order valence-electron chi connectivity index (χ3n) is 5.32. The third kappa shape index (κ3) is 4.03. The minimum atomic E-state index is -0.231. The van der Waals surface area contributed by atoms with Crippen molar-refractivity contribution in [2.45, 2.75) is 13.5 Å². The van der Waals surface area contributed by atoms with Crippen LogP contribution in [0.4, 0.5) is 10.1 Å². The number of rotatable bonds is 5. The summed E-state index contributed by atoms with van der Waals surface area (Å²) in [6.07, 6.45) is 8.75. The molecule has 0 fully saturated rings. The topological polar surface area (TPSA) is 63.6 Å². The van der Waals surface area contributed by atoms with Gasteiger partial charge in [-0.3, -0.25) is 19.9 Å². The zero-order valence-corrected chi connectivity index (χ0v) is 17.5. The van der Waals surface area contributed by atoms with Crippen molar-refractivity contribution in [2.75, 3.05) is 5.32 Å². The fourth-order valence-corrected chi connectivity index (χ4v) is 3.64. The third-order valence-corrected chi connectivity index (χ3v) is 5.32. The Morgan fingerprint density at radius 1 is 0.812 bits per heavy atom. The number of pyridine rings is 2. The molecule has 1 N–H and O–H groups in total. The standard InChI is InChI=1S/C26H20FN5/c1-17-11-20(4-6-23(17)27)26-22(19-5-7-24-25(12-19)30-10-9-29-24)13-21(16-32-26)31-15-18-3-2-8-28-14-18/h2-14,16,31H,15H2,1H3. The van der Waals surface area contributed by atoms with Gasteiger partial charge in [0.05, 0.1) is 28.6 Å². The smallest absolute Gasteiger partial charge is 0.126 e. The van der Waals surface area contributed by atoms with Crippen molar-refractivity contribution in [3.05, 3.63) is 103 Å². The fraction of sp³-hybridized carbons (Fsp3) is 0.0769. The molecule has 5 rings (SSSR count). The van der Waals surface area contributed by atoms with Crippen molar-refractivity contribution in [2.24, 2.45) is 0 Å². The molecule has 0 aliphatic heterocycles. The van der Waals surface area contributed by atoms with Crippen LogP contribution in [-0.2, 0) is 6.54 Å². The lowest BCUT2D eigenvalue weighted by Gasteiger charge is -2.14. The first-order chi connectivity index (χ1) is 15.7. The highest BCUT2D eigenvalue weighted by Crippen LogP contribution is 2.34. The minimum Gasteiger partial charge on any atom is -0.380 e. The Kier molecular flexibility index (Phi) is 5.25. The van der Waals surface area contributed by atoms with Gasteiger partial charge in [-0.25, -0.2) is 4.39 Å². The Morgan fingerprint density at radius 2 is 1.66 bits per heavy atom. The summed E-state index contributed by atoms with van der Waals surface area (Å²) in [5.74, 6) is -0.231. The molecule has 0 radical (unpaired) electrons. The second kappa shape index (κ2) is 8.51. The van der Waals surface area contributed by atoms with Crippen LogP contribution in [0.2, 0.25) is 0 Å². The summed E-state index contributed by atoms with van der Waals surface area (Å²) in [6.45, 7) is 2.39. The van der Waals surface area contributed by atoms with Gasteiger partial charge in [0.25, 0.3) is 0 Å². The number of hydrogen-bond acceptors (Lipinski definition) is 5. The monoisotopic (exact) mass is 421 g/mol. The van der Waals surface area contributed by atoms with Gasteiger partial charge < -0.3 is 5.32 Å². The number of aryl methyl sites for hydroxylation is 1. The van der Waals surface area contributed by atoms with Crippen molar-refractivity contribution < 1.29 is 4.39 Å². The first-order valence-corrected chi connectivity index (χ1v) is 10.3. The molecular formula is C26H20FN5. The largest absolute Gasteiger partial charge is 0.380 e. The summed E-state index contributed by atoms with van der Waals surface area (Å²) in [4.78, 5) is 17.7. The molecule has 2 aromatic carbocycles. The van der Waals surface area contributed by atoms with Crippen LogP contribution in [0.15, 0.2) is 85.6 Å². The van der Waals surface area contributed by atoms with Gasteiger partial charge in [-0.15, -0.1) is 0 Å². The molecule has 0 aliphatic rings. The molecule has 3 aromatic heterocycles. The number of benzene rings is 2. The van der Waals surface area contributed by atoms with Crippen LogP contribution in [0.3, 0.4) is 0 Å². The zero-order valence-electron chi connectivity index (χ0n) is 17.5. The van der Waals surface area contributed by atoms with E-state index in [1.165, 1.54) is 6.07 Å². The summed E-state index contributed by atoms with van der Waals surface area (Å²) in [5.41, 5.74) is 7.71. The van der Waals surface area contributed by atoms with E-state index in [0.29, 0.717) is 12.1 Å². The van der Waals surface area contributed by atoms with E-state index in [4.69, 9.17) is 4.98 Å². The second-order valence-corrected chi connectivity index (χ2v) is 7.56. The summed E-state index contributed by atoms with van der Waals surface area (Å²) in [7, 11) is 0. The lowest BCUT2D eigenvalue weighted by atomic mass is 9.97. The van der Waals surface area contributed by atoms with Crippen molar-refractivity contribution in [1.82, 2.24) is 19.9 Å². The van der Waals surface area contributed by atoms with E-state index in [1.807, 2.05) is 42.6 Å². The lowest BCUT2D eigenvalue weighted by molar-refractivity contribution is 0.619. The normalized spacial score (nSPS) is 10.9. The number of aromatic nitrogens is 4.